The van der Waals surface area contributed by atoms with Crippen LogP contribution in [0.4, 0.5) is 0 Å². The Labute approximate surface area is 128 Å². The summed E-state index contributed by atoms with van der Waals surface area (Å²) in [6.45, 7) is 1.97. The van der Waals surface area contributed by atoms with Gasteiger partial charge in [-0.15, -0.1) is 11.8 Å². The van der Waals surface area contributed by atoms with E-state index in [4.69, 9.17) is 5.73 Å². The number of carbonyl (C=O) groups excluding carboxylic acids is 1. The number of nitrogens with two attached hydrogens (primary N) is 1. The fourth-order valence-corrected chi connectivity index (χ4v) is 2.67. The van der Waals surface area contributed by atoms with Crippen LogP contribution < -0.4 is 5.73 Å². The van der Waals surface area contributed by atoms with Gasteiger partial charge in [0.15, 0.2) is 0 Å². The Balaban J connectivity index is 2.00. The van der Waals surface area contributed by atoms with E-state index in [2.05, 4.69) is 21.9 Å². The summed E-state index contributed by atoms with van der Waals surface area (Å²) < 4.78 is 4.64. The minimum Gasteiger partial charge on any atom is -0.465 e. The van der Waals surface area contributed by atoms with Crippen LogP contribution in [0.3, 0.4) is 0 Å². The van der Waals surface area contributed by atoms with Crippen LogP contribution in [0.15, 0.2) is 47.5 Å². The van der Waals surface area contributed by atoms with Crippen molar-refractivity contribution in [3.05, 3.63) is 59.4 Å². The molecule has 0 aliphatic heterocycles. The Morgan fingerprint density at radius 2 is 2.19 bits per heavy atom. The van der Waals surface area contributed by atoms with Crippen molar-refractivity contribution in [3.8, 4) is 0 Å². The van der Waals surface area contributed by atoms with Crippen LogP contribution in [0.25, 0.3) is 0 Å². The molecule has 2 N–H and O–H groups in total. The number of ether oxygens (including phenoxy) is 1. The Bertz CT molecular complexity index is 612. The average molecular weight is 302 g/mol. The number of aromatic nitrogens is 1. The van der Waals surface area contributed by atoms with Gasteiger partial charge >= 0.3 is 5.97 Å². The smallest absolute Gasteiger partial charge is 0.339 e. The summed E-state index contributed by atoms with van der Waals surface area (Å²) in [5.41, 5.74) is 8.38. The van der Waals surface area contributed by atoms with Crippen LogP contribution in [0.1, 0.15) is 34.6 Å². The molecular formula is C16H18N2O2S. The third-order valence-electron chi connectivity index (χ3n) is 3.02. The second-order valence-electron chi connectivity index (χ2n) is 4.68. The molecule has 5 heteroatoms. The molecule has 0 spiro atoms. The fourth-order valence-electron chi connectivity index (χ4n) is 1.79. The van der Waals surface area contributed by atoms with Gasteiger partial charge in [-0.3, -0.25) is 4.98 Å². The third-order valence-corrected chi connectivity index (χ3v) is 4.04. The first-order valence-corrected chi connectivity index (χ1v) is 7.60. The summed E-state index contributed by atoms with van der Waals surface area (Å²) in [6, 6.07) is 11.8. The van der Waals surface area contributed by atoms with Gasteiger partial charge in [-0.2, -0.15) is 0 Å². The maximum absolute atomic E-state index is 11.3. The van der Waals surface area contributed by atoms with E-state index in [1.54, 1.807) is 24.0 Å². The number of hydrogen-bond acceptors (Lipinski definition) is 5. The highest BCUT2D eigenvalue weighted by Gasteiger charge is 2.06. The van der Waals surface area contributed by atoms with E-state index in [0.717, 1.165) is 21.9 Å². The van der Waals surface area contributed by atoms with Crippen molar-refractivity contribution >= 4 is 17.7 Å². The zero-order valence-corrected chi connectivity index (χ0v) is 12.9. The summed E-state index contributed by atoms with van der Waals surface area (Å²) in [4.78, 5) is 16.8. The minimum absolute atomic E-state index is 0.0306. The molecule has 0 amide bonds. The molecule has 110 valence electrons. The molecular weight excluding hydrogens is 284 g/mol. The highest BCUT2D eigenvalue weighted by Crippen LogP contribution is 2.24. The van der Waals surface area contributed by atoms with Gasteiger partial charge in [0.2, 0.25) is 0 Å². The first kappa shape index (κ1) is 15.5. The van der Waals surface area contributed by atoms with Gasteiger partial charge in [0.05, 0.1) is 18.4 Å². The topological polar surface area (TPSA) is 65.2 Å². The van der Waals surface area contributed by atoms with Gasteiger partial charge in [-0.05, 0) is 36.8 Å². The minimum atomic E-state index is -0.369. The number of hydrogen-bond donors (Lipinski definition) is 1. The van der Waals surface area contributed by atoms with Crippen LogP contribution in [0.5, 0.6) is 0 Å². The summed E-state index contributed by atoms with van der Waals surface area (Å²) in [5.74, 6) is 0.371. The van der Waals surface area contributed by atoms with Crippen molar-refractivity contribution in [2.45, 2.75) is 23.6 Å². The second-order valence-corrected chi connectivity index (χ2v) is 5.73. The van der Waals surface area contributed by atoms with Gasteiger partial charge in [0, 0.05) is 22.9 Å². The predicted molar refractivity (Wildman–Crippen MR) is 84.2 cm³/mol. The van der Waals surface area contributed by atoms with E-state index in [1.165, 1.54) is 7.11 Å². The molecule has 0 fully saturated rings. The number of carbonyl (C=O) groups is 1. The molecule has 1 heterocycles. The van der Waals surface area contributed by atoms with Crippen LogP contribution in [-0.4, -0.2) is 18.1 Å². The van der Waals surface area contributed by atoms with Crippen LogP contribution >= 0.6 is 11.8 Å². The lowest BCUT2D eigenvalue weighted by molar-refractivity contribution is 0.0600. The number of esters is 1. The normalized spacial score (nSPS) is 12.0. The highest BCUT2D eigenvalue weighted by molar-refractivity contribution is 7.98. The van der Waals surface area contributed by atoms with E-state index in [0.29, 0.717) is 5.56 Å². The Kier molecular flexibility index (Phi) is 5.36. The summed E-state index contributed by atoms with van der Waals surface area (Å²) in [6.07, 6.45) is 1.54. The molecule has 21 heavy (non-hydrogen) atoms. The largest absolute Gasteiger partial charge is 0.465 e. The molecule has 0 saturated carbocycles. The molecule has 0 aliphatic rings. The molecule has 2 rings (SSSR count). The van der Waals surface area contributed by atoms with Crippen molar-refractivity contribution in [1.29, 1.82) is 0 Å². The Morgan fingerprint density at radius 1 is 1.38 bits per heavy atom. The van der Waals surface area contributed by atoms with Gasteiger partial charge in [-0.25, -0.2) is 4.79 Å². The molecule has 0 aliphatic carbocycles. The lowest BCUT2D eigenvalue weighted by Gasteiger charge is -2.08. The van der Waals surface area contributed by atoms with Crippen molar-refractivity contribution < 1.29 is 9.53 Å². The van der Waals surface area contributed by atoms with Crippen LogP contribution in [0, 0.1) is 0 Å². The molecule has 1 atom stereocenters. The van der Waals surface area contributed by atoms with E-state index < -0.39 is 0 Å². The molecule has 0 bridgehead atoms. The molecule has 0 radical (unpaired) electrons. The maximum Gasteiger partial charge on any atom is 0.339 e. The van der Waals surface area contributed by atoms with Crippen LogP contribution in [-0.2, 0) is 10.5 Å². The summed E-state index contributed by atoms with van der Waals surface area (Å²) in [7, 11) is 1.36. The summed E-state index contributed by atoms with van der Waals surface area (Å²) in [5, 5.41) is 0. The second kappa shape index (κ2) is 7.24. The lowest BCUT2D eigenvalue weighted by atomic mass is 10.1. The quantitative estimate of drug-likeness (QED) is 0.679. The zero-order valence-electron chi connectivity index (χ0n) is 12.1. The number of rotatable bonds is 5. The van der Waals surface area contributed by atoms with E-state index in [9.17, 15) is 4.79 Å². The standard InChI is InChI=1S/C16H18N2O2S/c1-11(17)12-4-3-5-15(8-12)21-10-14-7-6-13(9-18-14)16(19)20-2/h3-9,11H,10,17H2,1-2H3. The number of thioether (sulfide) groups is 1. The fraction of sp³-hybridized carbons (Fsp3) is 0.250. The van der Waals surface area contributed by atoms with Crippen molar-refractivity contribution in [2.75, 3.05) is 7.11 Å². The van der Waals surface area contributed by atoms with E-state index >= 15 is 0 Å². The number of methoxy groups -OCH3 is 1. The summed E-state index contributed by atoms with van der Waals surface area (Å²) >= 11 is 1.69. The van der Waals surface area contributed by atoms with Crippen LogP contribution in [0.2, 0.25) is 0 Å². The number of pyridine rings is 1. The monoisotopic (exact) mass is 302 g/mol. The maximum atomic E-state index is 11.3. The van der Waals surface area contributed by atoms with Crippen molar-refractivity contribution in [1.82, 2.24) is 4.98 Å². The molecule has 2 aromatic rings. The molecule has 1 unspecified atom stereocenters. The Morgan fingerprint density at radius 3 is 2.81 bits per heavy atom. The first-order valence-electron chi connectivity index (χ1n) is 6.61. The average Bonchev–Trinajstić information content (AvgIpc) is 2.53. The number of nitrogens with zero attached hydrogens (tertiary/aromatic N) is 1. The molecule has 1 aromatic heterocycles. The van der Waals surface area contributed by atoms with Gasteiger partial charge in [0.25, 0.3) is 0 Å². The molecule has 1 aromatic carbocycles. The first-order chi connectivity index (χ1) is 10.1. The molecule has 0 saturated heterocycles. The van der Waals surface area contributed by atoms with Gasteiger partial charge in [0.1, 0.15) is 0 Å². The zero-order chi connectivity index (χ0) is 15.2. The Hall–Kier alpha value is -1.85. The third kappa shape index (κ3) is 4.31. The molecule has 4 nitrogen and oxygen atoms in total. The lowest BCUT2D eigenvalue weighted by Crippen LogP contribution is -2.04. The van der Waals surface area contributed by atoms with Gasteiger partial charge < -0.3 is 10.5 Å². The van der Waals surface area contributed by atoms with Gasteiger partial charge in [-0.1, -0.05) is 12.1 Å². The highest BCUT2D eigenvalue weighted by atomic mass is 32.2. The SMILES string of the molecule is COC(=O)c1ccc(CSc2cccc(C(C)N)c2)nc1. The van der Waals surface area contributed by atoms with Crippen molar-refractivity contribution in [2.24, 2.45) is 5.73 Å². The van der Waals surface area contributed by atoms with E-state index in [1.807, 2.05) is 25.1 Å². The number of benzene rings is 1. The van der Waals surface area contributed by atoms with Crippen molar-refractivity contribution in [3.63, 3.8) is 0 Å². The van der Waals surface area contributed by atoms with E-state index in [-0.39, 0.29) is 12.0 Å². The predicted octanol–water partition coefficient (Wildman–Crippen LogP) is 3.18.